The lowest BCUT2D eigenvalue weighted by atomic mass is 10.3. The van der Waals surface area contributed by atoms with Gasteiger partial charge in [0.15, 0.2) is 6.42 Å². The van der Waals surface area contributed by atoms with Crippen molar-refractivity contribution in [2.75, 3.05) is 6.16 Å². The predicted molar refractivity (Wildman–Crippen MR) is 96.7 cm³/mol. The molecular weight excluding hydrogens is 307 g/mol. The van der Waals surface area contributed by atoms with Crippen molar-refractivity contribution in [2.45, 2.75) is 26.4 Å². The Labute approximate surface area is 138 Å². The summed E-state index contributed by atoms with van der Waals surface area (Å²) in [6.07, 6.45) is 0.257. The van der Waals surface area contributed by atoms with Gasteiger partial charge < -0.3 is 4.74 Å². The Morgan fingerprint density at radius 1 is 1.00 bits per heavy atom. The van der Waals surface area contributed by atoms with Crippen LogP contribution in [0.25, 0.3) is 0 Å². The minimum absolute atomic E-state index is 0.0450. The van der Waals surface area contributed by atoms with Crippen molar-refractivity contribution in [3.8, 4) is 0 Å². The van der Waals surface area contributed by atoms with Gasteiger partial charge in [-0.1, -0.05) is 60.7 Å². The first-order valence-corrected chi connectivity index (χ1v) is 9.19. The van der Waals surface area contributed by atoms with Crippen LogP contribution >= 0.6 is 7.92 Å². The molecule has 0 saturated carbocycles. The minimum Gasteiger partial charge on any atom is -0.462 e. The van der Waals surface area contributed by atoms with E-state index in [0.29, 0.717) is 6.16 Å². The van der Waals surface area contributed by atoms with Crippen molar-refractivity contribution >= 4 is 30.3 Å². The first kappa shape index (κ1) is 17.4. The van der Waals surface area contributed by atoms with Crippen LogP contribution in [-0.4, -0.2) is 28.8 Å². The summed E-state index contributed by atoms with van der Waals surface area (Å²) in [4.78, 5) is 22.0. The fourth-order valence-corrected chi connectivity index (χ4v) is 4.46. The van der Waals surface area contributed by atoms with Crippen LogP contribution < -0.4 is 10.6 Å². The Morgan fingerprint density at radius 2 is 1.48 bits per heavy atom. The zero-order chi connectivity index (χ0) is 16.7. The highest BCUT2D eigenvalue weighted by atomic mass is 31.1. The molecule has 0 atom stereocenters. The van der Waals surface area contributed by atoms with Crippen LogP contribution in [0.15, 0.2) is 60.7 Å². The Bertz CT molecular complexity index is 599. The van der Waals surface area contributed by atoms with E-state index in [0.717, 1.165) is 0 Å². The van der Waals surface area contributed by atoms with Crippen molar-refractivity contribution in [2.24, 2.45) is 0 Å². The molecule has 0 aliphatic carbocycles. The highest BCUT2D eigenvalue weighted by Gasteiger charge is 2.24. The minimum atomic E-state index is -0.736. The zero-order valence-corrected chi connectivity index (χ0v) is 14.4. The summed E-state index contributed by atoms with van der Waals surface area (Å²) in [7, 11) is -0.736. The van der Waals surface area contributed by atoms with Gasteiger partial charge in [0.05, 0.1) is 12.3 Å². The van der Waals surface area contributed by atoms with Gasteiger partial charge in [0.25, 0.3) is 0 Å². The summed E-state index contributed by atoms with van der Waals surface area (Å²) in [5, 5.41) is 2.36. The standard InChI is InChI=1S/C19H21O3P/c1-15(2)22-19(21)13-16(20)14-23(17-9-5-3-6-10-17)18-11-7-4-8-12-18/h3-12,15H,13-14H2,1-2H3/p+1. The molecule has 0 aliphatic rings. The molecule has 0 heterocycles. The maximum Gasteiger partial charge on any atom is 0.319 e. The van der Waals surface area contributed by atoms with E-state index in [4.69, 9.17) is 4.74 Å². The van der Waals surface area contributed by atoms with Crippen LogP contribution in [0.1, 0.15) is 20.3 Å². The Kier molecular flexibility index (Phi) is 6.49. The normalized spacial score (nSPS) is 10.8. The third-order valence-corrected chi connectivity index (χ3v) is 5.72. The lowest BCUT2D eigenvalue weighted by Crippen LogP contribution is -2.22. The number of carbonyl (C=O) groups is 1. The lowest BCUT2D eigenvalue weighted by Gasteiger charge is -2.16. The van der Waals surface area contributed by atoms with Gasteiger partial charge in [0, 0.05) is 0 Å². The number of benzene rings is 2. The van der Waals surface area contributed by atoms with Crippen molar-refractivity contribution in [1.82, 2.24) is 0 Å². The number of ether oxygens (including phenoxy) is 1. The molecule has 2 rings (SSSR count). The van der Waals surface area contributed by atoms with Crippen molar-refractivity contribution in [3.63, 3.8) is 0 Å². The van der Waals surface area contributed by atoms with E-state index in [-0.39, 0.29) is 24.3 Å². The topological polar surface area (TPSA) is 47.7 Å². The molecule has 0 spiro atoms. The van der Waals surface area contributed by atoms with Crippen LogP contribution in [0.5, 0.6) is 0 Å². The molecule has 4 heteroatoms. The molecule has 120 valence electrons. The number of rotatable bonds is 7. The molecule has 0 aromatic heterocycles. The Hall–Kier alpha value is -1.99. The molecule has 2 aromatic carbocycles. The first-order chi connectivity index (χ1) is 11.1. The van der Waals surface area contributed by atoms with Gasteiger partial charge in [-0.2, -0.15) is 0 Å². The number of carbonyl (C=O) groups excluding carboxylic acids is 2. The van der Waals surface area contributed by atoms with Crippen molar-refractivity contribution in [3.05, 3.63) is 60.7 Å². The molecule has 0 unspecified atom stereocenters. The zero-order valence-electron chi connectivity index (χ0n) is 13.5. The molecule has 0 saturated heterocycles. The molecule has 1 N–H and O–H groups in total. The maximum atomic E-state index is 11.7. The Morgan fingerprint density at radius 3 is 1.91 bits per heavy atom. The van der Waals surface area contributed by atoms with Crippen molar-refractivity contribution in [1.29, 1.82) is 0 Å². The van der Waals surface area contributed by atoms with Crippen LogP contribution in [0.4, 0.5) is 0 Å². The summed E-state index contributed by atoms with van der Waals surface area (Å²) < 4.78 is 5.10. The van der Waals surface area contributed by atoms with E-state index in [1.807, 2.05) is 36.4 Å². The molecule has 23 heavy (non-hydrogen) atoms. The van der Waals surface area contributed by atoms with Gasteiger partial charge in [-0.3, -0.25) is 9.59 Å². The fraction of sp³-hybridized carbons (Fsp3) is 0.263. The molecule has 0 aliphatic heterocycles. The van der Waals surface area contributed by atoms with E-state index >= 15 is 0 Å². The SMILES string of the molecule is CC(C)OC(=O)CC(=[OH+])CP(c1ccccc1)c1ccccc1. The van der Waals surface area contributed by atoms with Crippen LogP contribution in [0, 0.1) is 0 Å². The average molecular weight is 329 g/mol. The van der Waals surface area contributed by atoms with Gasteiger partial charge in [0.2, 0.25) is 0 Å². The van der Waals surface area contributed by atoms with Gasteiger partial charge in [-0.05, 0) is 32.4 Å². The molecule has 2 aromatic rings. The summed E-state index contributed by atoms with van der Waals surface area (Å²) in [6, 6.07) is 20.2. The van der Waals surface area contributed by atoms with Crippen LogP contribution in [-0.2, 0) is 9.53 Å². The third-order valence-electron chi connectivity index (χ3n) is 3.19. The number of ketones is 1. The summed E-state index contributed by atoms with van der Waals surface area (Å²) in [5.41, 5.74) is 0. The predicted octanol–water partition coefficient (Wildman–Crippen LogP) is 3.01. The van der Waals surface area contributed by atoms with E-state index in [1.54, 1.807) is 13.8 Å². The molecular formula is C19H22O3P+. The second kappa shape index (κ2) is 8.59. The van der Waals surface area contributed by atoms with Gasteiger partial charge in [-0.25, -0.2) is 0 Å². The van der Waals surface area contributed by atoms with E-state index in [1.165, 1.54) is 10.6 Å². The molecule has 0 amide bonds. The molecule has 0 fully saturated rings. The van der Waals surface area contributed by atoms with Crippen LogP contribution in [0.2, 0.25) is 0 Å². The summed E-state index contributed by atoms with van der Waals surface area (Å²) >= 11 is 0. The van der Waals surface area contributed by atoms with Crippen LogP contribution in [0.3, 0.4) is 0 Å². The smallest absolute Gasteiger partial charge is 0.319 e. The van der Waals surface area contributed by atoms with Crippen molar-refractivity contribution < 1.29 is 14.3 Å². The molecule has 3 nitrogen and oxygen atoms in total. The summed E-state index contributed by atoms with van der Waals surface area (Å²) in [6.45, 7) is 3.60. The summed E-state index contributed by atoms with van der Waals surface area (Å²) in [5.74, 6) is -0.206. The maximum absolute atomic E-state index is 11.7. The average Bonchev–Trinajstić information content (AvgIpc) is 2.53. The third kappa shape index (κ3) is 5.61. The van der Waals surface area contributed by atoms with E-state index in [9.17, 15) is 9.59 Å². The first-order valence-electron chi connectivity index (χ1n) is 7.67. The Balaban J connectivity index is 2.13. The molecule has 0 radical (unpaired) electrons. The lowest BCUT2D eigenvalue weighted by molar-refractivity contribution is -0.145. The number of esters is 1. The highest BCUT2D eigenvalue weighted by Crippen LogP contribution is 2.33. The second-order valence-electron chi connectivity index (χ2n) is 5.54. The largest absolute Gasteiger partial charge is 0.462 e. The monoisotopic (exact) mass is 329 g/mol. The second-order valence-corrected chi connectivity index (χ2v) is 7.74. The van der Waals surface area contributed by atoms with Gasteiger partial charge in [-0.15, -0.1) is 0 Å². The van der Waals surface area contributed by atoms with E-state index < -0.39 is 7.92 Å². The molecule has 0 bridgehead atoms. The highest BCUT2D eigenvalue weighted by molar-refractivity contribution is 7.73. The number of hydrogen-bond acceptors (Lipinski definition) is 2. The van der Waals surface area contributed by atoms with E-state index in [2.05, 4.69) is 24.3 Å². The quantitative estimate of drug-likeness (QED) is 0.339. The fourth-order valence-electron chi connectivity index (χ4n) is 2.26. The van der Waals surface area contributed by atoms with Gasteiger partial charge in [0.1, 0.15) is 0 Å². The number of hydrogen-bond donors (Lipinski definition) is 0. The van der Waals surface area contributed by atoms with Gasteiger partial charge >= 0.3 is 11.8 Å².